The Balaban J connectivity index is 1.34. The van der Waals surface area contributed by atoms with E-state index in [0.29, 0.717) is 30.2 Å². The van der Waals surface area contributed by atoms with Crippen LogP contribution in [0.25, 0.3) is 0 Å². The van der Waals surface area contributed by atoms with Crippen molar-refractivity contribution in [2.24, 2.45) is 11.3 Å². The highest BCUT2D eigenvalue weighted by molar-refractivity contribution is 6.30. The minimum absolute atomic E-state index is 0.00139. The molecule has 2 aromatic rings. The zero-order chi connectivity index (χ0) is 18.1. The second-order valence-corrected chi connectivity index (χ2v) is 7.62. The van der Waals surface area contributed by atoms with Crippen molar-refractivity contribution in [2.45, 2.75) is 19.4 Å². The van der Waals surface area contributed by atoms with Crippen LogP contribution in [0.4, 0.5) is 0 Å². The Morgan fingerprint density at radius 2 is 2.08 bits per heavy atom. The lowest BCUT2D eigenvalue weighted by Crippen LogP contribution is -2.31. The van der Waals surface area contributed by atoms with E-state index in [1.165, 1.54) is 0 Å². The van der Waals surface area contributed by atoms with Gasteiger partial charge in [0, 0.05) is 53.9 Å². The molecule has 134 valence electrons. The van der Waals surface area contributed by atoms with E-state index in [2.05, 4.69) is 10.3 Å². The molecule has 1 aliphatic carbocycles. The zero-order valence-electron chi connectivity index (χ0n) is 14.3. The summed E-state index contributed by atoms with van der Waals surface area (Å²) in [5, 5.41) is 3.57. The summed E-state index contributed by atoms with van der Waals surface area (Å²) in [6.45, 7) is 1.85. The number of benzene rings is 1. The highest BCUT2D eigenvalue weighted by Gasteiger charge is 2.61. The van der Waals surface area contributed by atoms with E-state index in [9.17, 15) is 9.59 Å². The molecule has 2 fully saturated rings. The molecule has 1 aromatic heterocycles. The summed E-state index contributed by atoms with van der Waals surface area (Å²) in [6.07, 6.45) is 5.17. The van der Waals surface area contributed by atoms with Crippen LogP contribution in [0.1, 0.15) is 28.8 Å². The predicted octanol–water partition coefficient (Wildman–Crippen LogP) is 2.90. The number of hydrogen-bond acceptors (Lipinski definition) is 3. The zero-order valence-corrected chi connectivity index (χ0v) is 15.1. The number of nitrogens with zero attached hydrogens (tertiary/aromatic N) is 2. The third-order valence-electron chi connectivity index (χ3n) is 5.47. The fraction of sp³-hybridized carbons (Fsp3) is 0.350. The molecular weight excluding hydrogens is 350 g/mol. The molecule has 2 atom stereocenters. The summed E-state index contributed by atoms with van der Waals surface area (Å²) in [4.78, 5) is 31.0. The molecule has 1 spiro atoms. The van der Waals surface area contributed by atoms with Crippen molar-refractivity contribution in [3.8, 4) is 0 Å². The summed E-state index contributed by atoms with van der Waals surface area (Å²) < 4.78 is 0. The van der Waals surface area contributed by atoms with E-state index in [-0.39, 0.29) is 23.1 Å². The van der Waals surface area contributed by atoms with Gasteiger partial charge in [-0.25, -0.2) is 0 Å². The van der Waals surface area contributed by atoms with E-state index in [0.717, 1.165) is 18.4 Å². The minimum Gasteiger partial charge on any atom is -0.352 e. The average molecular weight is 370 g/mol. The van der Waals surface area contributed by atoms with Crippen LogP contribution in [0.2, 0.25) is 5.02 Å². The Hall–Kier alpha value is -2.40. The first-order valence-corrected chi connectivity index (χ1v) is 9.17. The van der Waals surface area contributed by atoms with Gasteiger partial charge in [0.15, 0.2) is 0 Å². The number of aromatic nitrogens is 1. The maximum Gasteiger partial charge on any atom is 0.253 e. The maximum atomic E-state index is 12.7. The molecule has 1 N–H and O–H groups in total. The van der Waals surface area contributed by atoms with Crippen LogP contribution < -0.4 is 5.32 Å². The number of amides is 2. The first-order chi connectivity index (χ1) is 12.6. The maximum absolute atomic E-state index is 12.7. The number of carbonyl (C=O) groups is 2. The second-order valence-electron chi connectivity index (χ2n) is 7.18. The van der Waals surface area contributed by atoms with Crippen LogP contribution >= 0.6 is 11.6 Å². The van der Waals surface area contributed by atoms with Crippen molar-refractivity contribution in [3.05, 3.63) is 64.9 Å². The number of nitrogens with one attached hydrogen (secondary N) is 1. The summed E-state index contributed by atoms with van der Waals surface area (Å²) in [5.41, 5.74) is 1.59. The third kappa shape index (κ3) is 3.31. The number of hydrogen-bond donors (Lipinski definition) is 1. The highest BCUT2D eigenvalue weighted by Crippen LogP contribution is 2.58. The normalized spacial score (nSPS) is 23.9. The summed E-state index contributed by atoms with van der Waals surface area (Å²) in [7, 11) is 0. The van der Waals surface area contributed by atoms with E-state index in [1.54, 1.807) is 36.7 Å². The fourth-order valence-electron chi connectivity index (χ4n) is 3.86. The van der Waals surface area contributed by atoms with Crippen LogP contribution in [-0.2, 0) is 11.3 Å². The molecule has 0 radical (unpaired) electrons. The number of pyridine rings is 1. The van der Waals surface area contributed by atoms with Gasteiger partial charge >= 0.3 is 0 Å². The van der Waals surface area contributed by atoms with Gasteiger partial charge in [0.2, 0.25) is 5.91 Å². The van der Waals surface area contributed by atoms with Gasteiger partial charge in [-0.2, -0.15) is 0 Å². The standard InChI is InChI=1S/C20H20ClN3O2/c21-16-3-1-2-15(10-16)19(26)24-9-6-20(13-24)11-17(20)18(25)23-12-14-4-7-22-8-5-14/h1-5,7-8,10,17H,6,9,11-13H2,(H,23,25)/t17-,20+/m0/s1. The lowest BCUT2D eigenvalue weighted by molar-refractivity contribution is -0.123. The molecule has 4 rings (SSSR count). The molecule has 1 aromatic carbocycles. The second kappa shape index (κ2) is 6.72. The largest absolute Gasteiger partial charge is 0.352 e. The minimum atomic E-state index is -0.0451. The van der Waals surface area contributed by atoms with Gasteiger partial charge in [0.25, 0.3) is 5.91 Å². The quantitative estimate of drug-likeness (QED) is 0.901. The van der Waals surface area contributed by atoms with Crippen LogP contribution in [-0.4, -0.2) is 34.8 Å². The van der Waals surface area contributed by atoms with E-state index < -0.39 is 0 Å². The molecule has 1 aliphatic heterocycles. The topological polar surface area (TPSA) is 62.3 Å². The Bertz CT molecular complexity index is 842. The van der Waals surface area contributed by atoms with Gasteiger partial charge in [-0.15, -0.1) is 0 Å². The fourth-order valence-corrected chi connectivity index (χ4v) is 4.05. The lowest BCUT2D eigenvalue weighted by atomic mass is 10.0. The van der Waals surface area contributed by atoms with Crippen molar-refractivity contribution in [1.29, 1.82) is 0 Å². The van der Waals surface area contributed by atoms with Gasteiger partial charge in [0.1, 0.15) is 0 Å². The summed E-state index contributed by atoms with van der Waals surface area (Å²) in [5.74, 6) is 0.0765. The molecule has 1 saturated carbocycles. The Morgan fingerprint density at radius 1 is 1.27 bits per heavy atom. The van der Waals surface area contributed by atoms with Gasteiger partial charge in [-0.3, -0.25) is 14.6 Å². The van der Waals surface area contributed by atoms with Gasteiger partial charge in [-0.1, -0.05) is 17.7 Å². The number of rotatable bonds is 4. The lowest BCUT2D eigenvalue weighted by Gasteiger charge is -2.17. The molecule has 6 heteroatoms. The van der Waals surface area contributed by atoms with Crippen molar-refractivity contribution in [1.82, 2.24) is 15.2 Å². The first kappa shape index (κ1) is 17.0. The number of likely N-dealkylation sites (tertiary alicyclic amines) is 1. The summed E-state index contributed by atoms with van der Waals surface area (Å²) >= 11 is 5.99. The Kier molecular flexibility index (Phi) is 4.41. The van der Waals surface area contributed by atoms with E-state index in [4.69, 9.17) is 11.6 Å². The molecule has 2 amide bonds. The number of carbonyl (C=O) groups excluding carboxylic acids is 2. The molecule has 1 saturated heterocycles. The van der Waals surface area contributed by atoms with Crippen LogP contribution in [0.15, 0.2) is 48.8 Å². The van der Waals surface area contributed by atoms with E-state index in [1.807, 2.05) is 17.0 Å². The Morgan fingerprint density at radius 3 is 2.85 bits per heavy atom. The van der Waals surface area contributed by atoms with E-state index >= 15 is 0 Å². The molecule has 0 bridgehead atoms. The average Bonchev–Trinajstić information content (AvgIpc) is 3.20. The van der Waals surface area contributed by atoms with Gasteiger partial charge in [-0.05, 0) is 48.7 Å². The van der Waals surface area contributed by atoms with Gasteiger partial charge in [0.05, 0.1) is 0 Å². The van der Waals surface area contributed by atoms with Crippen molar-refractivity contribution in [2.75, 3.05) is 13.1 Å². The Labute approximate surface area is 157 Å². The smallest absolute Gasteiger partial charge is 0.253 e. The molecular formula is C20H20ClN3O2. The SMILES string of the molecule is O=C(NCc1ccncc1)[C@@H]1C[C@@]12CCN(C(=O)c1cccc(Cl)c1)C2. The number of halogens is 1. The predicted molar refractivity (Wildman–Crippen MR) is 98.6 cm³/mol. The van der Waals surface area contributed by atoms with Crippen LogP contribution in [0.3, 0.4) is 0 Å². The first-order valence-electron chi connectivity index (χ1n) is 8.79. The molecule has 5 nitrogen and oxygen atoms in total. The molecule has 0 unspecified atom stereocenters. The molecule has 2 aliphatic rings. The monoisotopic (exact) mass is 369 g/mol. The van der Waals surface area contributed by atoms with Gasteiger partial charge < -0.3 is 10.2 Å². The van der Waals surface area contributed by atoms with Crippen molar-refractivity contribution < 1.29 is 9.59 Å². The van der Waals surface area contributed by atoms with Crippen LogP contribution in [0.5, 0.6) is 0 Å². The molecule has 2 heterocycles. The summed E-state index contributed by atoms with van der Waals surface area (Å²) in [6, 6.07) is 10.8. The van der Waals surface area contributed by atoms with Crippen LogP contribution in [0, 0.1) is 11.3 Å². The van der Waals surface area contributed by atoms with Crippen molar-refractivity contribution >= 4 is 23.4 Å². The third-order valence-corrected chi connectivity index (χ3v) is 5.70. The van der Waals surface area contributed by atoms with Crippen molar-refractivity contribution in [3.63, 3.8) is 0 Å². The molecule has 26 heavy (non-hydrogen) atoms. The highest BCUT2D eigenvalue weighted by atomic mass is 35.5.